The average Bonchev–Trinajstić information content (AvgIpc) is 3.55. The van der Waals surface area contributed by atoms with Gasteiger partial charge < -0.3 is 5.11 Å². The molecule has 0 radical (unpaired) electrons. The van der Waals surface area contributed by atoms with E-state index in [-0.39, 0.29) is 12.3 Å². The fourth-order valence-corrected chi connectivity index (χ4v) is 7.21. The van der Waals surface area contributed by atoms with Crippen molar-refractivity contribution in [1.82, 2.24) is 14.7 Å². The van der Waals surface area contributed by atoms with Gasteiger partial charge in [-0.3, -0.25) is 14.5 Å². The normalized spacial score (nSPS) is 14.3. The molecular formula is C34H41N3O3S3. The lowest BCUT2D eigenvalue weighted by atomic mass is 10.1. The van der Waals surface area contributed by atoms with Crippen molar-refractivity contribution in [3.05, 3.63) is 71.3 Å². The van der Waals surface area contributed by atoms with E-state index in [1.54, 1.807) is 4.90 Å². The number of para-hydroxylation sites is 1. The summed E-state index contributed by atoms with van der Waals surface area (Å²) in [7, 11) is 0. The zero-order chi connectivity index (χ0) is 30.4. The number of thioether (sulfide) groups is 2. The van der Waals surface area contributed by atoms with Crippen LogP contribution in [0.1, 0.15) is 83.1 Å². The molecule has 43 heavy (non-hydrogen) atoms. The number of carbonyl (C=O) groups excluding carboxylic acids is 1. The summed E-state index contributed by atoms with van der Waals surface area (Å²) in [6.07, 6.45) is 14.7. The van der Waals surface area contributed by atoms with Gasteiger partial charge in [-0.05, 0) is 55.4 Å². The number of rotatable bonds is 18. The van der Waals surface area contributed by atoms with Gasteiger partial charge in [0.05, 0.1) is 16.3 Å². The molecule has 1 N–H and O–H groups in total. The number of amides is 1. The molecule has 1 aliphatic heterocycles. The number of benzene rings is 2. The highest BCUT2D eigenvalue weighted by molar-refractivity contribution is 8.26. The van der Waals surface area contributed by atoms with E-state index in [4.69, 9.17) is 22.4 Å². The molecule has 2 heterocycles. The van der Waals surface area contributed by atoms with Gasteiger partial charge >= 0.3 is 5.97 Å². The van der Waals surface area contributed by atoms with Crippen molar-refractivity contribution < 1.29 is 14.7 Å². The maximum absolute atomic E-state index is 13.4. The lowest BCUT2D eigenvalue weighted by Gasteiger charge is -2.14. The van der Waals surface area contributed by atoms with Crippen molar-refractivity contribution >= 4 is 58.0 Å². The minimum absolute atomic E-state index is 0.0329. The second kappa shape index (κ2) is 17.4. The molecule has 0 atom stereocenters. The first-order chi connectivity index (χ1) is 21.0. The number of unbranched alkanes of at least 4 members (excludes halogenated alkanes) is 8. The summed E-state index contributed by atoms with van der Waals surface area (Å²) >= 11 is 8.86. The summed E-state index contributed by atoms with van der Waals surface area (Å²) in [5, 5.41) is 13.7. The number of carbonyl (C=O) groups is 2. The molecular weight excluding hydrogens is 595 g/mol. The van der Waals surface area contributed by atoms with Crippen LogP contribution in [0.5, 0.6) is 0 Å². The third-order valence-electron chi connectivity index (χ3n) is 7.34. The molecule has 4 rings (SSSR count). The summed E-state index contributed by atoms with van der Waals surface area (Å²) in [4.78, 5) is 27.6. The van der Waals surface area contributed by atoms with Crippen LogP contribution >= 0.6 is 35.7 Å². The Hall–Kier alpha value is -2.88. The van der Waals surface area contributed by atoms with E-state index in [2.05, 4.69) is 31.2 Å². The largest absolute Gasteiger partial charge is 0.481 e. The van der Waals surface area contributed by atoms with Crippen LogP contribution in [0.3, 0.4) is 0 Å². The number of thiocarbonyl (C=S) groups is 1. The van der Waals surface area contributed by atoms with Gasteiger partial charge in [-0.25, -0.2) is 4.68 Å². The molecule has 1 amide bonds. The van der Waals surface area contributed by atoms with Crippen molar-refractivity contribution in [2.75, 3.05) is 12.3 Å². The highest BCUT2D eigenvalue weighted by atomic mass is 32.2. The van der Waals surface area contributed by atoms with E-state index in [1.165, 1.54) is 29.5 Å². The van der Waals surface area contributed by atoms with Gasteiger partial charge in [0, 0.05) is 35.2 Å². The van der Waals surface area contributed by atoms with Crippen LogP contribution in [-0.4, -0.2) is 48.3 Å². The summed E-state index contributed by atoms with van der Waals surface area (Å²) in [6.45, 7) is 2.84. The Bertz CT molecular complexity index is 1390. The monoisotopic (exact) mass is 635 g/mol. The van der Waals surface area contributed by atoms with Crippen molar-refractivity contribution in [3.63, 3.8) is 0 Å². The van der Waals surface area contributed by atoms with Gasteiger partial charge in [0.25, 0.3) is 5.91 Å². The maximum Gasteiger partial charge on any atom is 0.303 e. The zero-order valence-corrected chi connectivity index (χ0v) is 27.3. The van der Waals surface area contributed by atoms with Gasteiger partial charge in [0.2, 0.25) is 0 Å². The molecule has 2 aromatic carbocycles. The molecule has 0 aliphatic carbocycles. The summed E-state index contributed by atoms with van der Waals surface area (Å²) < 4.78 is 2.48. The van der Waals surface area contributed by atoms with Crippen LogP contribution in [0, 0.1) is 0 Å². The van der Waals surface area contributed by atoms with Crippen molar-refractivity contribution in [3.8, 4) is 16.9 Å². The van der Waals surface area contributed by atoms with Crippen LogP contribution in [0.25, 0.3) is 23.0 Å². The molecule has 9 heteroatoms. The van der Waals surface area contributed by atoms with Crippen LogP contribution in [0.2, 0.25) is 0 Å². The number of aliphatic carboxylic acids is 1. The van der Waals surface area contributed by atoms with Crippen molar-refractivity contribution in [2.45, 2.75) is 82.4 Å². The molecule has 6 nitrogen and oxygen atoms in total. The van der Waals surface area contributed by atoms with Crippen LogP contribution in [0.4, 0.5) is 0 Å². The molecule has 1 saturated heterocycles. The van der Waals surface area contributed by atoms with Crippen LogP contribution in [-0.2, 0) is 9.59 Å². The lowest BCUT2D eigenvalue weighted by Crippen LogP contribution is -2.29. The number of nitrogens with zero attached hydrogens (tertiary/aromatic N) is 3. The van der Waals surface area contributed by atoms with Gasteiger partial charge in [-0.2, -0.15) is 5.10 Å². The van der Waals surface area contributed by atoms with E-state index in [9.17, 15) is 9.59 Å². The average molecular weight is 636 g/mol. The topological polar surface area (TPSA) is 75.4 Å². The van der Waals surface area contributed by atoms with Gasteiger partial charge in [-0.15, -0.1) is 11.8 Å². The Morgan fingerprint density at radius 1 is 0.953 bits per heavy atom. The molecule has 1 aromatic heterocycles. The van der Waals surface area contributed by atoms with Gasteiger partial charge in [0.1, 0.15) is 4.32 Å². The molecule has 228 valence electrons. The van der Waals surface area contributed by atoms with Crippen molar-refractivity contribution in [1.29, 1.82) is 0 Å². The maximum atomic E-state index is 13.4. The summed E-state index contributed by atoms with van der Waals surface area (Å²) in [6, 6.07) is 18.5. The fraction of sp³-hybridized carbons (Fsp3) is 0.412. The molecule has 0 saturated carbocycles. The van der Waals surface area contributed by atoms with Crippen LogP contribution in [0.15, 0.2) is 70.6 Å². The predicted molar refractivity (Wildman–Crippen MR) is 184 cm³/mol. The van der Waals surface area contributed by atoms with Crippen LogP contribution < -0.4 is 0 Å². The van der Waals surface area contributed by atoms with Gasteiger partial charge in [0.15, 0.2) is 0 Å². The smallest absolute Gasteiger partial charge is 0.303 e. The molecule has 1 aliphatic rings. The Morgan fingerprint density at radius 2 is 1.63 bits per heavy atom. The number of hydrogen-bond donors (Lipinski definition) is 1. The second-order valence-corrected chi connectivity index (χ2v) is 13.6. The number of carboxylic acids is 1. The molecule has 0 spiro atoms. The highest BCUT2D eigenvalue weighted by Gasteiger charge is 2.32. The molecule has 3 aromatic rings. The summed E-state index contributed by atoms with van der Waals surface area (Å²) in [5.74, 6) is 0.367. The summed E-state index contributed by atoms with van der Waals surface area (Å²) in [5.41, 5.74) is 3.70. The number of carboxylic acid groups (broad SMARTS) is 1. The number of aromatic nitrogens is 2. The standard InChI is InChI=1S/C34H41N3O3S3/c1-2-3-23-42-29-20-18-26(19-21-29)32-27(25-37(35-32)28-15-11-10-12-16-28)24-30-33(40)36(34(41)43-30)22-14-9-7-5-4-6-8-13-17-31(38)39/h10-12,15-16,18-21,24-25H,2-9,13-14,17,22-23H2,1H3,(H,38,39). The third-order valence-corrected chi connectivity index (χ3v) is 9.82. The van der Waals surface area contributed by atoms with E-state index in [1.807, 2.05) is 59.0 Å². The third kappa shape index (κ3) is 10.1. The predicted octanol–water partition coefficient (Wildman–Crippen LogP) is 9.23. The first-order valence-electron chi connectivity index (χ1n) is 15.3. The fourth-order valence-electron chi connectivity index (χ4n) is 4.91. The highest BCUT2D eigenvalue weighted by Crippen LogP contribution is 2.35. The molecule has 1 fully saturated rings. The lowest BCUT2D eigenvalue weighted by molar-refractivity contribution is -0.137. The zero-order valence-electron chi connectivity index (χ0n) is 24.9. The van der Waals surface area contributed by atoms with E-state index in [0.717, 1.165) is 79.6 Å². The van der Waals surface area contributed by atoms with Gasteiger partial charge in [-0.1, -0.05) is 106 Å². The molecule has 0 bridgehead atoms. The Morgan fingerprint density at radius 3 is 2.30 bits per heavy atom. The first kappa shape index (κ1) is 33.0. The minimum atomic E-state index is -0.713. The second-order valence-electron chi connectivity index (χ2n) is 10.7. The Labute approximate surface area is 269 Å². The van der Waals surface area contributed by atoms with Crippen molar-refractivity contribution in [2.24, 2.45) is 0 Å². The van der Waals surface area contributed by atoms with E-state index >= 15 is 0 Å². The van der Waals surface area contributed by atoms with E-state index < -0.39 is 5.97 Å². The quantitative estimate of drug-likeness (QED) is 0.0646. The minimum Gasteiger partial charge on any atom is -0.481 e. The Kier molecular flexibility index (Phi) is 13.4. The SMILES string of the molecule is CCCCSc1ccc(-c2nn(-c3ccccc3)cc2C=C2SC(=S)N(CCCCCCCCCCC(=O)O)C2=O)cc1. The number of hydrogen-bond acceptors (Lipinski definition) is 6. The Balaban J connectivity index is 1.39. The molecule has 0 unspecified atom stereocenters. The first-order valence-corrected chi connectivity index (χ1v) is 17.5. The van der Waals surface area contributed by atoms with E-state index in [0.29, 0.717) is 15.8 Å².